The Morgan fingerprint density at radius 3 is 0.950 bits per heavy atom. The minimum absolute atomic E-state index is 0.0179. The molecule has 32 N–H and O–H groups in total. The number of thiol groups is 4. The molecular formula is C89H120N26O20S4. The molecule has 4 heterocycles. The van der Waals surface area contributed by atoms with E-state index in [0.717, 1.165) is 10.9 Å². The second kappa shape index (κ2) is 54.1. The summed E-state index contributed by atoms with van der Waals surface area (Å²) in [6.07, 6.45) is 4.13. The van der Waals surface area contributed by atoms with Gasteiger partial charge in [0, 0.05) is 130 Å². The lowest BCUT2D eigenvalue weighted by atomic mass is 10.0. The highest BCUT2D eigenvalue weighted by Crippen LogP contribution is 2.25. The standard InChI is InChI=1S/C89H120N26O20S4/c1-43(2)72(86(133)110-64(38-116)82(129)107-61(29-47-35-99-55-21-11-7-17-51(47)55)79(126)113-68(42-139)83(130)108-62(81(128)115-73(44(3)4)87(134)135)30-48-36-100-56-22-12-8-18-52(48)56)114-85(132)66(40-137)103-70(118)37-101-74(121)65(39-136)111-78(125)60(28-46-34-98-54-20-10-6-16-50(46)54)106-80(127)63(31-71(119)120)109-84(131)67(41-138)112-76(123)58(24-14-26-96-89(93)94)104-75(122)57(23-13-25-95-88(91)92)105-77(124)59(102-69(117)32-90)27-45-33-97-53-19-9-5-15-49(45)53/h5-12,15-22,33-36,43-44,57-68,72-73,97-100,116,136-139H,13-14,23-32,37-42,90H2,1-4H3,(H,101,121)(H,102,117)(H,103,118)(H,104,122)(H,105,124)(H,106,127)(H,107,129)(H,108,130)(H,109,131)(H,110,133)(H,111,125)(H,112,123)(H,113,126)(H,114,132)(H,115,128)(H,119,120)(H,134,135)(H4,91,92,95)(H4,93,94,96)/t57-,58-,59-,60-,61-,62-,63-,64-,65-,66-,67-,68-,72-,73-/m0/s1. The number of rotatable bonds is 56. The molecule has 8 aromatic rings. The molecule has 0 saturated heterocycles. The fourth-order valence-electron chi connectivity index (χ4n) is 14.9. The average Bonchev–Trinajstić information content (AvgIpc) is 1.72. The monoisotopic (exact) mass is 2000 g/mol. The predicted molar refractivity (Wildman–Crippen MR) is 527 cm³/mol. The molecule has 0 radical (unpaired) electrons. The van der Waals surface area contributed by atoms with Gasteiger partial charge >= 0.3 is 11.9 Å². The average molecular weight is 2000 g/mol. The zero-order chi connectivity index (χ0) is 102. The summed E-state index contributed by atoms with van der Waals surface area (Å²) < 4.78 is 0. The van der Waals surface area contributed by atoms with Crippen LogP contribution in [0.15, 0.2) is 122 Å². The van der Waals surface area contributed by atoms with E-state index in [2.05, 4.69) is 161 Å². The van der Waals surface area contributed by atoms with Crippen LogP contribution in [-0.4, -0.2) is 288 Å². The Balaban J connectivity index is 0.909. The first kappa shape index (κ1) is 110. The summed E-state index contributed by atoms with van der Waals surface area (Å²) >= 11 is 17.2. The normalized spacial score (nSPS) is 14.3. The number of aromatic nitrogens is 4. The molecule has 0 spiro atoms. The van der Waals surface area contributed by atoms with Crippen molar-refractivity contribution in [2.75, 3.05) is 55.8 Å². The Bertz CT molecular complexity index is 5730. The molecule has 15 amide bonds. The lowest BCUT2D eigenvalue weighted by Gasteiger charge is -2.28. The van der Waals surface area contributed by atoms with Crippen molar-refractivity contribution < 1.29 is 96.8 Å². The lowest BCUT2D eigenvalue weighted by molar-refractivity contribution is -0.143. The highest BCUT2D eigenvalue weighted by Gasteiger charge is 2.40. The fourth-order valence-corrected chi connectivity index (χ4v) is 16.0. The third-order valence-electron chi connectivity index (χ3n) is 22.4. The molecule has 4 aromatic carbocycles. The third kappa shape index (κ3) is 32.8. The molecule has 46 nitrogen and oxygen atoms in total. The number of carboxylic acid groups (broad SMARTS) is 2. The highest BCUT2D eigenvalue weighted by atomic mass is 32.1. The van der Waals surface area contributed by atoms with Crippen LogP contribution in [0.25, 0.3) is 43.6 Å². The molecule has 0 bridgehead atoms. The number of H-pyrrole nitrogens is 4. The summed E-state index contributed by atoms with van der Waals surface area (Å²) in [5, 5.41) is 91.5. The first-order chi connectivity index (χ1) is 66.3. The van der Waals surface area contributed by atoms with E-state index in [4.69, 9.17) is 28.0 Å². The smallest absolute Gasteiger partial charge is 0.326 e. The molecule has 8 rings (SSSR count). The number of para-hydroxylation sites is 4. The Morgan fingerprint density at radius 2 is 0.612 bits per heavy atom. The van der Waals surface area contributed by atoms with Gasteiger partial charge in [-0.3, -0.25) is 87.5 Å². The van der Waals surface area contributed by atoms with Gasteiger partial charge in [-0.15, -0.1) is 0 Å². The molecule has 0 aliphatic rings. The minimum atomic E-state index is -2.04. The number of hydrogen-bond acceptors (Lipinski definition) is 25. The van der Waals surface area contributed by atoms with E-state index in [1.54, 1.807) is 129 Å². The molecule has 0 unspecified atom stereocenters. The minimum Gasteiger partial charge on any atom is -0.481 e. The van der Waals surface area contributed by atoms with Crippen molar-refractivity contribution in [2.24, 2.45) is 29.0 Å². The highest BCUT2D eigenvalue weighted by molar-refractivity contribution is 7.80. The van der Waals surface area contributed by atoms with E-state index in [1.165, 1.54) is 20.0 Å². The molecule has 0 saturated carbocycles. The van der Waals surface area contributed by atoms with Crippen LogP contribution in [0.3, 0.4) is 0 Å². The number of aliphatic carboxylic acids is 2. The molecule has 0 aliphatic heterocycles. The molecule has 4 aromatic heterocycles. The van der Waals surface area contributed by atoms with E-state index in [0.29, 0.717) is 55.0 Å². The molecular weight excluding hydrogens is 1880 g/mol. The molecule has 14 atom stereocenters. The van der Waals surface area contributed by atoms with Crippen LogP contribution in [0.4, 0.5) is 0 Å². The van der Waals surface area contributed by atoms with Gasteiger partial charge in [-0.2, -0.15) is 50.5 Å². The number of aliphatic hydroxyl groups is 1. The molecule has 0 aliphatic carbocycles. The number of amides is 15. The van der Waals surface area contributed by atoms with Gasteiger partial charge in [0.05, 0.1) is 26.1 Å². The number of nitrogens with two attached hydrogens (primary N) is 3. The number of carbonyl (C=O) groups excluding carboxylic acids is 15. The van der Waals surface area contributed by atoms with Crippen molar-refractivity contribution in [1.82, 2.24) is 110 Å². The maximum atomic E-state index is 14.7. The number of nitrogens with one attached hydrogen (secondary N) is 23. The van der Waals surface area contributed by atoms with Gasteiger partial charge in [0.1, 0.15) is 84.6 Å². The number of guanidine groups is 2. The van der Waals surface area contributed by atoms with E-state index in [-0.39, 0.29) is 70.2 Å². The number of carboxylic acids is 2. The van der Waals surface area contributed by atoms with Gasteiger partial charge in [-0.25, -0.2) is 4.79 Å². The second-order valence-corrected chi connectivity index (χ2v) is 34.8. The summed E-state index contributed by atoms with van der Waals surface area (Å²) in [5.74, 6) is -22.1. The van der Waals surface area contributed by atoms with Crippen molar-refractivity contribution in [3.63, 3.8) is 0 Å². The quantitative estimate of drug-likeness (QED) is 0.00745. The third-order valence-corrected chi connectivity index (χ3v) is 23.8. The van der Waals surface area contributed by atoms with Crippen LogP contribution in [0.2, 0.25) is 0 Å². The summed E-state index contributed by atoms with van der Waals surface area (Å²) in [6, 6.07) is 5.87. The van der Waals surface area contributed by atoms with Crippen LogP contribution in [0, 0.1) is 22.7 Å². The largest absolute Gasteiger partial charge is 0.481 e. The fraction of sp³-hybridized carbons (Fsp3) is 0.427. The second-order valence-electron chi connectivity index (χ2n) is 33.3. The van der Waals surface area contributed by atoms with Crippen molar-refractivity contribution in [3.8, 4) is 0 Å². The van der Waals surface area contributed by atoms with Gasteiger partial charge in [0.2, 0.25) is 88.6 Å². The SMILES string of the molecule is CC(C)[C@H](NC(=O)[C@H](Cc1c[nH]c2ccccc12)NC(=O)[C@H](CS)NC(=O)[C@H](Cc1c[nH]c2ccccc12)NC(=O)[C@H](CO)NC(=O)[C@@H](NC(=O)[C@H](CS)NC(=O)CNC(=O)[C@H](CS)NC(=O)[C@H](Cc1c[nH]c2ccccc12)NC(=O)[C@H](CC(=O)O)NC(=O)[C@H](CS)NC(=O)[C@H](CCCNC(=N)N)NC(=O)[C@H](CCCNC(=N)N)NC(=O)[C@H](Cc1c[nH]c2ccccc12)NC(=O)CN)C(C)C)C(=O)O. The Kier molecular flexibility index (Phi) is 42.9. The Labute approximate surface area is 818 Å². The topological polar surface area (TPSA) is 744 Å². The van der Waals surface area contributed by atoms with E-state index >= 15 is 0 Å². The van der Waals surface area contributed by atoms with Crippen LogP contribution in [-0.2, 0) is 107 Å². The van der Waals surface area contributed by atoms with Crippen LogP contribution in [0.5, 0.6) is 0 Å². The molecule has 750 valence electrons. The first-order valence-corrected chi connectivity index (χ1v) is 46.9. The summed E-state index contributed by atoms with van der Waals surface area (Å²) in [6.45, 7) is 3.76. The Hall–Kier alpha value is -14.1. The van der Waals surface area contributed by atoms with Crippen molar-refractivity contribution in [2.45, 2.75) is 170 Å². The lowest BCUT2D eigenvalue weighted by Crippen LogP contribution is -2.62. The van der Waals surface area contributed by atoms with Crippen LogP contribution < -0.4 is 108 Å². The number of benzene rings is 4. The van der Waals surface area contributed by atoms with Crippen molar-refractivity contribution >= 4 is 207 Å². The van der Waals surface area contributed by atoms with Crippen LogP contribution in [0.1, 0.15) is 82.1 Å². The van der Waals surface area contributed by atoms with Crippen molar-refractivity contribution in [1.29, 1.82) is 10.8 Å². The number of aliphatic hydroxyl groups excluding tert-OH is 1. The molecule has 50 heteroatoms. The van der Waals surface area contributed by atoms with E-state index < -0.39 is 252 Å². The number of fused-ring (bicyclic) bond motifs is 4. The van der Waals surface area contributed by atoms with Gasteiger partial charge in [0.15, 0.2) is 11.9 Å². The van der Waals surface area contributed by atoms with Gasteiger partial charge in [-0.1, -0.05) is 100 Å². The molecule has 139 heavy (non-hydrogen) atoms. The van der Waals surface area contributed by atoms with Gasteiger partial charge < -0.3 is 143 Å². The number of hydrogen-bond donors (Lipinski definition) is 33. The first-order valence-electron chi connectivity index (χ1n) is 44.3. The van der Waals surface area contributed by atoms with E-state index in [9.17, 15) is 96.8 Å². The number of carbonyl (C=O) groups is 17. The zero-order valence-electron chi connectivity index (χ0n) is 76.3. The number of aromatic amines is 4. The van der Waals surface area contributed by atoms with Crippen molar-refractivity contribution in [3.05, 3.63) is 144 Å². The Morgan fingerprint density at radius 1 is 0.338 bits per heavy atom. The maximum absolute atomic E-state index is 14.7. The summed E-state index contributed by atoms with van der Waals surface area (Å²) in [4.78, 5) is 251. The van der Waals surface area contributed by atoms with E-state index in [1.807, 2.05) is 0 Å². The summed E-state index contributed by atoms with van der Waals surface area (Å²) in [7, 11) is 0. The predicted octanol–water partition coefficient (Wildman–Crippen LogP) is -4.15. The summed E-state index contributed by atoms with van der Waals surface area (Å²) in [5.41, 5.74) is 21.5. The molecule has 0 fully saturated rings. The van der Waals surface area contributed by atoms with Gasteiger partial charge in [-0.05, 0) is 84.0 Å². The maximum Gasteiger partial charge on any atom is 0.326 e. The zero-order valence-corrected chi connectivity index (χ0v) is 79.9. The van der Waals surface area contributed by atoms with Crippen LogP contribution >= 0.6 is 50.5 Å². The van der Waals surface area contributed by atoms with Gasteiger partial charge in [0.25, 0.3) is 0 Å².